The Kier molecular flexibility index (Phi) is 5.73. The predicted octanol–water partition coefficient (Wildman–Crippen LogP) is 2.36. The second kappa shape index (κ2) is 7.31. The summed E-state index contributed by atoms with van der Waals surface area (Å²) < 4.78 is 5.41. The molecule has 2 heterocycles. The summed E-state index contributed by atoms with van der Waals surface area (Å²) in [6.45, 7) is 7.08. The first-order valence-electron chi connectivity index (χ1n) is 7.08. The smallest absolute Gasteiger partial charge is 0.151 e. The van der Waals surface area contributed by atoms with Gasteiger partial charge in [-0.05, 0) is 31.7 Å². The first-order chi connectivity index (χ1) is 9.15. The van der Waals surface area contributed by atoms with Gasteiger partial charge in [-0.3, -0.25) is 4.90 Å². The zero-order valence-corrected chi connectivity index (χ0v) is 13.0. The van der Waals surface area contributed by atoms with Crippen molar-refractivity contribution in [2.45, 2.75) is 39.4 Å². The van der Waals surface area contributed by atoms with Gasteiger partial charge < -0.3 is 9.84 Å². The molecule has 4 nitrogen and oxygen atoms in total. The lowest BCUT2D eigenvalue weighted by atomic mass is 10.2. The molecule has 0 spiro atoms. The van der Waals surface area contributed by atoms with Crippen LogP contribution in [0.2, 0.25) is 0 Å². The van der Waals surface area contributed by atoms with Gasteiger partial charge in [-0.15, -0.1) is 0 Å². The molecule has 1 N–H and O–H groups in total. The fraction of sp³-hybridized carbons (Fsp3) is 0.786. The first-order valence-corrected chi connectivity index (χ1v) is 8.24. The van der Waals surface area contributed by atoms with E-state index < -0.39 is 0 Å². The molecule has 0 aromatic carbocycles. The molecule has 1 fully saturated rings. The summed E-state index contributed by atoms with van der Waals surface area (Å²) in [6.07, 6.45) is 1.29. The SMILES string of the molecule is CC(C)CNCc1cc(CN(C)C2CCSC2)on1. The molecular formula is C14H25N3OS. The van der Waals surface area contributed by atoms with Gasteiger partial charge in [0.2, 0.25) is 0 Å². The molecule has 5 heteroatoms. The molecule has 1 unspecified atom stereocenters. The third kappa shape index (κ3) is 4.82. The van der Waals surface area contributed by atoms with Crippen LogP contribution in [-0.2, 0) is 13.1 Å². The van der Waals surface area contributed by atoms with E-state index >= 15 is 0 Å². The zero-order valence-electron chi connectivity index (χ0n) is 12.2. The highest BCUT2D eigenvalue weighted by Crippen LogP contribution is 2.22. The Labute approximate surface area is 120 Å². The van der Waals surface area contributed by atoms with Crippen molar-refractivity contribution in [3.05, 3.63) is 17.5 Å². The Bertz CT molecular complexity index is 375. The summed E-state index contributed by atoms with van der Waals surface area (Å²) in [5, 5.41) is 7.51. The molecule has 1 aliphatic heterocycles. The van der Waals surface area contributed by atoms with Crippen LogP contribution in [0, 0.1) is 5.92 Å². The van der Waals surface area contributed by atoms with Crippen LogP contribution >= 0.6 is 11.8 Å². The maximum Gasteiger partial charge on any atom is 0.151 e. The molecule has 19 heavy (non-hydrogen) atoms. The van der Waals surface area contributed by atoms with Crippen molar-refractivity contribution < 1.29 is 4.52 Å². The Balaban J connectivity index is 1.76. The fourth-order valence-corrected chi connectivity index (χ4v) is 3.55. The summed E-state index contributed by atoms with van der Waals surface area (Å²) in [4.78, 5) is 2.38. The van der Waals surface area contributed by atoms with E-state index in [9.17, 15) is 0 Å². The molecule has 1 aromatic rings. The minimum absolute atomic E-state index is 0.664. The average molecular weight is 283 g/mol. The van der Waals surface area contributed by atoms with Crippen molar-refractivity contribution >= 4 is 11.8 Å². The van der Waals surface area contributed by atoms with E-state index in [1.807, 2.05) is 11.8 Å². The minimum atomic E-state index is 0.664. The van der Waals surface area contributed by atoms with Crippen LogP contribution in [0.25, 0.3) is 0 Å². The monoisotopic (exact) mass is 283 g/mol. The third-order valence-corrected chi connectivity index (χ3v) is 4.55. The molecule has 1 atom stereocenters. The normalized spacial score (nSPS) is 19.7. The summed E-state index contributed by atoms with van der Waals surface area (Å²) in [5.74, 6) is 4.17. The Morgan fingerprint density at radius 2 is 2.42 bits per heavy atom. The maximum atomic E-state index is 5.41. The van der Waals surface area contributed by atoms with Crippen LogP contribution in [0.4, 0.5) is 0 Å². The lowest BCUT2D eigenvalue weighted by Gasteiger charge is -2.21. The van der Waals surface area contributed by atoms with E-state index in [1.165, 1.54) is 17.9 Å². The summed E-state index contributed by atoms with van der Waals surface area (Å²) >= 11 is 2.04. The van der Waals surface area contributed by atoms with Gasteiger partial charge in [0.25, 0.3) is 0 Å². The van der Waals surface area contributed by atoms with E-state index in [4.69, 9.17) is 4.52 Å². The number of hydrogen-bond acceptors (Lipinski definition) is 5. The van der Waals surface area contributed by atoms with Crippen LogP contribution in [0.3, 0.4) is 0 Å². The zero-order chi connectivity index (χ0) is 13.7. The second-order valence-corrected chi connectivity index (χ2v) is 6.89. The van der Waals surface area contributed by atoms with Crippen LogP contribution in [0.5, 0.6) is 0 Å². The topological polar surface area (TPSA) is 41.3 Å². The molecule has 0 amide bonds. The molecule has 0 radical (unpaired) electrons. The van der Waals surface area contributed by atoms with E-state index in [0.717, 1.165) is 31.1 Å². The molecular weight excluding hydrogens is 258 g/mol. The largest absolute Gasteiger partial charge is 0.360 e. The van der Waals surface area contributed by atoms with Gasteiger partial charge in [0.15, 0.2) is 5.76 Å². The van der Waals surface area contributed by atoms with Gasteiger partial charge in [0, 0.05) is 24.4 Å². The van der Waals surface area contributed by atoms with E-state index in [-0.39, 0.29) is 0 Å². The Hall–Kier alpha value is -0.520. The van der Waals surface area contributed by atoms with Gasteiger partial charge in [0.1, 0.15) is 0 Å². The molecule has 0 saturated carbocycles. The molecule has 2 rings (SSSR count). The van der Waals surface area contributed by atoms with Crippen LogP contribution in [0.1, 0.15) is 31.7 Å². The van der Waals surface area contributed by atoms with Gasteiger partial charge in [-0.1, -0.05) is 19.0 Å². The summed E-state index contributed by atoms with van der Waals surface area (Å²) in [6, 6.07) is 2.77. The van der Waals surface area contributed by atoms with Crippen molar-refractivity contribution in [3.63, 3.8) is 0 Å². The summed E-state index contributed by atoms with van der Waals surface area (Å²) in [5.41, 5.74) is 1.00. The standard InChI is InChI=1S/C14H25N3OS/c1-11(2)7-15-8-12-6-14(18-16-12)9-17(3)13-4-5-19-10-13/h6,11,13,15H,4-5,7-10H2,1-3H3. The van der Waals surface area contributed by atoms with Crippen LogP contribution < -0.4 is 5.32 Å². The van der Waals surface area contributed by atoms with Gasteiger partial charge in [-0.25, -0.2) is 0 Å². The number of thioether (sulfide) groups is 1. The highest BCUT2D eigenvalue weighted by molar-refractivity contribution is 7.99. The molecule has 0 aliphatic carbocycles. The number of rotatable bonds is 7. The molecule has 108 valence electrons. The lowest BCUT2D eigenvalue weighted by Crippen LogP contribution is -2.30. The third-order valence-electron chi connectivity index (χ3n) is 3.40. The van der Waals surface area contributed by atoms with Gasteiger partial charge in [0.05, 0.1) is 12.2 Å². The number of nitrogens with zero attached hydrogens (tertiary/aromatic N) is 2. The van der Waals surface area contributed by atoms with Gasteiger partial charge in [-0.2, -0.15) is 11.8 Å². The van der Waals surface area contributed by atoms with Crippen molar-refractivity contribution in [2.75, 3.05) is 25.1 Å². The van der Waals surface area contributed by atoms with Crippen LogP contribution in [0.15, 0.2) is 10.6 Å². The minimum Gasteiger partial charge on any atom is -0.360 e. The van der Waals surface area contributed by atoms with E-state index in [2.05, 4.69) is 42.3 Å². The highest BCUT2D eigenvalue weighted by Gasteiger charge is 2.21. The predicted molar refractivity (Wildman–Crippen MR) is 80.2 cm³/mol. The maximum absolute atomic E-state index is 5.41. The van der Waals surface area contributed by atoms with Crippen molar-refractivity contribution in [1.29, 1.82) is 0 Å². The Morgan fingerprint density at radius 3 is 3.11 bits per heavy atom. The van der Waals surface area contributed by atoms with Gasteiger partial charge >= 0.3 is 0 Å². The fourth-order valence-electron chi connectivity index (χ4n) is 2.25. The summed E-state index contributed by atoms with van der Waals surface area (Å²) in [7, 11) is 2.18. The molecule has 1 aromatic heterocycles. The second-order valence-electron chi connectivity index (χ2n) is 5.74. The number of hydrogen-bond donors (Lipinski definition) is 1. The first kappa shape index (κ1) is 14.9. The highest BCUT2D eigenvalue weighted by atomic mass is 32.2. The molecule has 0 bridgehead atoms. The van der Waals surface area contributed by atoms with Crippen LogP contribution in [-0.4, -0.2) is 41.2 Å². The Morgan fingerprint density at radius 1 is 1.58 bits per heavy atom. The quantitative estimate of drug-likeness (QED) is 0.832. The number of nitrogens with one attached hydrogen (secondary N) is 1. The molecule has 1 saturated heterocycles. The lowest BCUT2D eigenvalue weighted by molar-refractivity contribution is 0.222. The van der Waals surface area contributed by atoms with Crippen molar-refractivity contribution in [1.82, 2.24) is 15.4 Å². The van der Waals surface area contributed by atoms with E-state index in [0.29, 0.717) is 12.0 Å². The molecule has 1 aliphatic rings. The number of aromatic nitrogens is 1. The van der Waals surface area contributed by atoms with Crippen molar-refractivity contribution in [3.8, 4) is 0 Å². The van der Waals surface area contributed by atoms with E-state index in [1.54, 1.807) is 0 Å². The average Bonchev–Trinajstić information content (AvgIpc) is 2.99. The van der Waals surface area contributed by atoms with Crippen molar-refractivity contribution in [2.24, 2.45) is 5.92 Å².